The Kier molecular flexibility index (Phi) is 3.65. The summed E-state index contributed by atoms with van der Waals surface area (Å²) < 4.78 is 5.40. The highest BCUT2D eigenvalue weighted by Gasteiger charge is 2.36. The smallest absolute Gasteiger partial charge is 0.294 e. The minimum atomic E-state index is -0.305. The second kappa shape index (κ2) is 5.06. The average Bonchev–Trinajstić information content (AvgIpc) is 2.77. The van der Waals surface area contributed by atoms with E-state index in [1.165, 1.54) is 0 Å². The van der Waals surface area contributed by atoms with Crippen LogP contribution in [-0.4, -0.2) is 51.3 Å². The van der Waals surface area contributed by atoms with Crippen LogP contribution in [0.15, 0.2) is 0 Å². The molecule has 1 amide bonds. The number of aryl methyl sites for hydroxylation is 1. The lowest BCUT2D eigenvalue weighted by Crippen LogP contribution is -2.55. The molecule has 2 rings (SSSR count). The van der Waals surface area contributed by atoms with Crippen molar-refractivity contribution in [3.8, 4) is 0 Å². The summed E-state index contributed by atoms with van der Waals surface area (Å²) in [7, 11) is 0. The van der Waals surface area contributed by atoms with Gasteiger partial charge in [0.05, 0.1) is 18.8 Å². The summed E-state index contributed by atoms with van der Waals surface area (Å²) in [6, 6.07) is 0. The zero-order valence-corrected chi connectivity index (χ0v) is 11.2. The normalized spacial score (nSPS) is 18.9. The lowest BCUT2D eigenvalue weighted by molar-refractivity contribution is -0.0375. The SMILES string of the molecule is CCCc1nc(C(=O)N2CCOCC2(C)C)n[nH]1. The Bertz CT molecular complexity index is 427. The molecule has 1 fully saturated rings. The van der Waals surface area contributed by atoms with E-state index < -0.39 is 0 Å². The number of H-pyrrole nitrogens is 1. The van der Waals surface area contributed by atoms with Crippen LogP contribution in [0.25, 0.3) is 0 Å². The molecule has 6 nitrogen and oxygen atoms in total. The third-order valence-electron chi connectivity index (χ3n) is 3.10. The maximum Gasteiger partial charge on any atom is 0.294 e. The summed E-state index contributed by atoms with van der Waals surface area (Å²) >= 11 is 0. The van der Waals surface area contributed by atoms with Crippen molar-refractivity contribution < 1.29 is 9.53 Å². The molecule has 0 spiro atoms. The zero-order chi connectivity index (χ0) is 13.2. The van der Waals surface area contributed by atoms with E-state index in [-0.39, 0.29) is 17.3 Å². The molecule has 0 aromatic carbocycles. The number of morpholine rings is 1. The van der Waals surface area contributed by atoms with Crippen LogP contribution in [0, 0.1) is 0 Å². The second-order valence-corrected chi connectivity index (χ2v) is 5.18. The van der Waals surface area contributed by atoms with E-state index in [1.54, 1.807) is 4.90 Å². The monoisotopic (exact) mass is 252 g/mol. The fourth-order valence-corrected chi connectivity index (χ4v) is 2.10. The molecule has 1 saturated heterocycles. The summed E-state index contributed by atoms with van der Waals surface area (Å²) in [5, 5.41) is 6.82. The van der Waals surface area contributed by atoms with Crippen LogP contribution < -0.4 is 0 Å². The van der Waals surface area contributed by atoms with Crippen molar-refractivity contribution in [2.45, 2.75) is 39.2 Å². The molecule has 1 aliphatic heterocycles. The van der Waals surface area contributed by atoms with E-state index in [1.807, 2.05) is 13.8 Å². The highest BCUT2D eigenvalue weighted by Crippen LogP contribution is 2.20. The number of nitrogens with one attached hydrogen (secondary N) is 1. The molecular weight excluding hydrogens is 232 g/mol. The number of carbonyl (C=O) groups excluding carboxylic acids is 1. The van der Waals surface area contributed by atoms with Gasteiger partial charge >= 0.3 is 0 Å². The van der Waals surface area contributed by atoms with Crippen LogP contribution in [0.1, 0.15) is 43.6 Å². The van der Waals surface area contributed by atoms with Crippen LogP contribution in [0.4, 0.5) is 0 Å². The molecule has 1 aromatic rings. The highest BCUT2D eigenvalue weighted by molar-refractivity contribution is 5.91. The molecular formula is C12H20N4O2. The van der Waals surface area contributed by atoms with Crippen molar-refractivity contribution in [3.63, 3.8) is 0 Å². The largest absolute Gasteiger partial charge is 0.377 e. The maximum absolute atomic E-state index is 12.4. The Balaban J connectivity index is 2.14. The van der Waals surface area contributed by atoms with Gasteiger partial charge in [0.1, 0.15) is 5.82 Å². The first-order valence-corrected chi connectivity index (χ1v) is 6.35. The van der Waals surface area contributed by atoms with E-state index in [2.05, 4.69) is 22.1 Å². The molecule has 1 aromatic heterocycles. The number of hydrogen-bond donors (Lipinski definition) is 1. The summed E-state index contributed by atoms with van der Waals surface area (Å²) in [5.41, 5.74) is -0.305. The molecule has 0 bridgehead atoms. The highest BCUT2D eigenvalue weighted by atomic mass is 16.5. The van der Waals surface area contributed by atoms with Crippen molar-refractivity contribution in [2.75, 3.05) is 19.8 Å². The number of amides is 1. The molecule has 100 valence electrons. The van der Waals surface area contributed by atoms with Gasteiger partial charge in [-0.1, -0.05) is 6.92 Å². The lowest BCUT2D eigenvalue weighted by atomic mass is 10.0. The first-order valence-electron chi connectivity index (χ1n) is 6.35. The van der Waals surface area contributed by atoms with Gasteiger partial charge in [-0.15, -0.1) is 5.10 Å². The van der Waals surface area contributed by atoms with Crippen molar-refractivity contribution >= 4 is 5.91 Å². The van der Waals surface area contributed by atoms with Gasteiger partial charge in [-0.2, -0.15) is 0 Å². The molecule has 1 N–H and O–H groups in total. The van der Waals surface area contributed by atoms with Crippen LogP contribution >= 0.6 is 0 Å². The van der Waals surface area contributed by atoms with Gasteiger partial charge in [0.2, 0.25) is 5.82 Å². The van der Waals surface area contributed by atoms with E-state index >= 15 is 0 Å². The number of nitrogens with zero attached hydrogens (tertiary/aromatic N) is 3. The fourth-order valence-electron chi connectivity index (χ4n) is 2.10. The van der Waals surface area contributed by atoms with Crippen LogP contribution in [0.2, 0.25) is 0 Å². The summed E-state index contributed by atoms with van der Waals surface area (Å²) in [6.07, 6.45) is 1.79. The van der Waals surface area contributed by atoms with E-state index in [0.717, 1.165) is 18.7 Å². The Morgan fingerprint density at radius 3 is 3.00 bits per heavy atom. The predicted molar refractivity (Wildman–Crippen MR) is 66.3 cm³/mol. The van der Waals surface area contributed by atoms with Crippen molar-refractivity contribution in [2.24, 2.45) is 0 Å². The zero-order valence-electron chi connectivity index (χ0n) is 11.2. The van der Waals surface area contributed by atoms with Gasteiger partial charge in [-0.25, -0.2) is 4.98 Å². The van der Waals surface area contributed by atoms with Gasteiger partial charge < -0.3 is 9.64 Å². The number of aromatic nitrogens is 3. The molecule has 0 radical (unpaired) electrons. The van der Waals surface area contributed by atoms with E-state index in [0.29, 0.717) is 19.8 Å². The number of rotatable bonds is 3. The fraction of sp³-hybridized carbons (Fsp3) is 0.750. The summed E-state index contributed by atoms with van der Waals surface area (Å²) in [6.45, 7) is 7.75. The predicted octanol–water partition coefficient (Wildman–Crippen LogP) is 1.01. The molecule has 2 heterocycles. The standard InChI is InChI=1S/C12H20N4O2/c1-4-5-9-13-10(15-14-9)11(17)16-6-7-18-8-12(16,2)3/h4-8H2,1-3H3,(H,13,14,15). The van der Waals surface area contributed by atoms with Crippen LogP contribution in [0.5, 0.6) is 0 Å². The van der Waals surface area contributed by atoms with Crippen LogP contribution in [-0.2, 0) is 11.2 Å². The molecule has 0 atom stereocenters. The molecule has 18 heavy (non-hydrogen) atoms. The third-order valence-corrected chi connectivity index (χ3v) is 3.10. The van der Waals surface area contributed by atoms with E-state index in [9.17, 15) is 4.79 Å². The number of carbonyl (C=O) groups is 1. The molecule has 1 aliphatic rings. The first-order chi connectivity index (χ1) is 8.54. The Morgan fingerprint density at radius 1 is 1.56 bits per heavy atom. The van der Waals surface area contributed by atoms with Crippen LogP contribution in [0.3, 0.4) is 0 Å². The van der Waals surface area contributed by atoms with Gasteiger partial charge in [-0.3, -0.25) is 9.89 Å². The van der Waals surface area contributed by atoms with Gasteiger partial charge in [-0.05, 0) is 20.3 Å². The summed E-state index contributed by atoms with van der Waals surface area (Å²) in [4.78, 5) is 18.4. The maximum atomic E-state index is 12.4. The number of aromatic amines is 1. The van der Waals surface area contributed by atoms with Gasteiger partial charge in [0.15, 0.2) is 0 Å². The number of hydrogen-bond acceptors (Lipinski definition) is 4. The Hall–Kier alpha value is -1.43. The molecule has 0 aliphatic carbocycles. The topological polar surface area (TPSA) is 71.1 Å². The Labute approximate surface area is 107 Å². The quantitative estimate of drug-likeness (QED) is 0.871. The molecule has 0 saturated carbocycles. The van der Waals surface area contributed by atoms with E-state index in [4.69, 9.17) is 4.74 Å². The van der Waals surface area contributed by atoms with Gasteiger partial charge in [0.25, 0.3) is 5.91 Å². The molecule has 6 heteroatoms. The Morgan fingerprint density at radius 2 is 2.33 bits per heavy atom. The van der Waals surface area contributed by atoms with Crippen molar-refractivity contribution in [1.82, 2.24) is 20.1 Å². The molecule has 0 unspecified atom stereocenters. The third kappa shape index (κ3) is 2.53. The minimum Gasteiger partial charge on any atom is -0.377 e. The first kappa shape index (κ1) is 13.0. The lowest BCUT2D eigenvalue weighted by Gasteiger charge is -2.41. The average molecular weight is 252 g/mol. The number of ether oxygens (including phenoxy) is 1. The van der Waals surface area contributed by atoms with Gasteiger partial charge in [0, 0.05) is 13.0 Å². The minimum absolute atomic E-state index is 0.123. The second-order valence-electron chi connectivity index (χ2n) is 5.18. The van der Waals surface area contributed by atoms with Crippen molar-refractivity contribution in [1.29, 1.82) is 0 Å². The van der Waals surface area contributed by atoms with Crippen molar-refractivity contribution in [3.05, 3.63) is 11.6 Å². The summed E-state index contributed by atoms with van der Waals surface area (Å²) in [5.74, 6) is 0.905.